The molecule has 0 fully saturated rings. The van der Waals surface area contributed by atoms with E-state index < -0.39 is 0 Å². The summed E-state index contributed by atoms with van der Waals surface area (Å²) in [6.07, 6.45) is 5.58. The number of carbonyl (C=O) groups is 1. The highest BCUT2D eigenvalue weighted by Crippen LogP contribution is 2.18. The molecule has 0 aliphatic carbocycles. The van der Waals surface area contributed by atoms with Gasteiger partial charge in [0.1, 0.15) is 18.4 Å². The zero-order valence-electron chi connectivity index (χ0n) is 14.1. The van der Waals surface area contributed by atoms with Crippen LogP contribution in [0.4, 0.5) is 0 Å². The molecule has 1 aromatic carbocycles. The van der Waals surface area contributed by atoms with Gasteiger partial charge in [-0.05, 0) is 18.4 Å². The predicted octanol–water partition coefficient (Wildman–Crippen LogP) is 2.78. The fourth-order valence-corrected chi connectivity index (χ4v) is 2.63. The fraction of sp³-hybridized carbons (Fsp3) is 0.333. The third-order valence-electron chi connectivity index (χ3n) is 3.91. The molecule has 0 aliphatic heterocycles. The molecule has 0 spiro atoms. The number of nitrogens with one attached hydrogen (secondary N) is 1. The van der Waals surface area contributed by atoms with Crippen LogP contribution in [0.3, 0.4) is 0 Å². The van der Waals surface area contributed by atoms with Gasteiger partial charge in [-0.25, -0.2) is 4.98 Å². The van der Waals surface area contributed by atoms with Crippen molar-refractivity contribution in [2.75, 3.05) is 0 Å². The molecule has 1 amide bonds. The normalized spacial score (nSPS) is 12.0. The highest BCUT2D eigenvalue weighted by Gasteiger charge is 2.18. The van der Waals surface area contributed by atoms with Gasteiger partial charge in [0.15, 0.2) is 5.69 Å². The zero-order valence-corrected chi connectivity index (χ0v) is 14.1. The molecule has 1 atom stereocenters. The second-order valence-corrected chi connectivity index (χ2v) is 5.81. The van der Waals surface area contributed by atoms with Gasteiger partial charge < -0.3 is 9.84 Å². The number of nitrogens with zero attached hydrogens (tertiary/aromatic N) is 4. The summed E-state index contributed by atoms with van der Waals surface area (Å²) in [6, 6.07) is 11.4. The first-order chi connectivity index (χ1) is 12.3. The summed E-state index contributed by atoms with van der Waals surface area (Å²) in [5.74, 6) is 0.491. The van der Waals surface area contributed by atoms with Crippen LogP contribution in [0.25, 0.3) is 0 Å². The van der Waals surface area contributed by atoms with Crippen molar-refractivity contribution in [1.82, 2.24) is 25.2 Å². The largest absolute Gasteiger partial charge is 0.361 e. The molecular weight excluding hydrogens is 318 g/mol. The van der Waals surface area contributed by atoms with Gasteiger partial charge in [0.25, 0.3) is 5.91 Å². The van der Waals surface area contributed by atoms with Crippen LogP contribution >= 0.6 is 0 Å². The lowest BCUT2D eigenvalue weighted by molar-refractivity contribution is 0.0924. The summed E-state index contributed by atoms with van der Waals surface area (Å²) in [5.41, 5.74) is 1.35. The van der Waals surface area contributed by atoms with Crippen molar-refractivity contribution in [2.24, 2.45) is 0 Å². The first-order valence-electron chi connectivity index (χ1n) is 8.40. The first-order valence-corrected chi connectivity index (χ1v) is 8.40. The number of carbonyl (C=O) groups excluding carboxylic acids is 1. The molecule has 2 heterocycles. The topological polar surface area (TPSA) is 85.8 Å². The Morgan fingerprint density at radius 3 is 2.88 bits per heavy atom. The van der Waals surface area contributed by atoms with Crippen LogP contribution < -0.4 is 5.32 Å². The van der Waals surface area contributed by atoms with Crippen molar-refractivity contribution in [2.45, 2.75) is 38.8 Å². The van der Waals surface area contributed by atoms with Gasteiger partial charge in [-0.15, -0.1) is 0 Å². The Morgan fingerprint density at radius 2 is 2.16 bits per heavy atom. The number of hydrogen-bond acceptors (Lipinski definition) is 5. The molecular formula is C18H21N5O2. The van der Waals surface area contributed by atoms with E-state index >= 15 is 0 Å². The highest BCUT2D eigenvalue weighted by atomic mass is 16.5. The second kappa shape index (κ2) is 8.23. The van der Waals surface area contributed by atoms with Crippen molar-refractivity contribution in [3.05, 3.63) is 66.1 Å². The molecule has 1 unspecified atom stereocenters. The predicted molar refractivity (Wildman–Crippen MR) is 91.8 cm³/mol. The lowest BCUT2D eigenvalue weighted by Gasteiger charge is -2.18. The van der Waals surface area contributed by atoms with Gasteiger partial charge in [-0.3, -0.25) is 9.48 Å². The van der Waals surface area contributed by atoms with E-state index in [9.17, 15) is 4.79 Å². The van der Waals surface area contributed by atoms with Crippen molar-refractivity contribution in [3.63, 3.8) is 0 Å². The molecule has 0 saturated carbocycles. The van der Waals surface area contributed by atoms with Crippen molar-refractivity contribution in [3.8, 4) is 0 Å². The number of aryl methyl sites for hydroxylation is 2. The standard InChI is InChI=1S/C18H21N5O2/c1-2-6-15-11-17(22-25-15)18(24)21-16(14-7-4-3-5-8-14)9-10-23-13-19-12-20-23/h3-5,7-8,11-13,16H,2,6,9-10H2,1H3,(H,21,24). The first kappa shape index (κ1) is 16.9. The maximum absolute atomic E-state index is 12.5. The molecule has 7 nitrogen and oxygen atoms in total. The van der Waals surface area contributed by atoms with Gasteiger partial charge >= 0.3 is 0 Å². The third-order valence-corrected chi connectivity index (χ3v) is 3.91. The van der Waals surface area contributed by atoms with E-state index in [1.54, 1.807) is 17.1 Å². The van der Waals surface area contributed by atoms with Crippen LogP contribution in [0, 0.1) is 0 Å². The summed E-state index contributed by atoms with van der Waals surface area (Å²) >= 11 is 0. The van der Waals surface area contributed by atoms with Gasteiger partial charge in [0.05, 0.1) is 6.04 Å². The monoisotopic (exact) mass is 339 g/mol. The van der Waals surface area contributed by atoms with Crippen LogP contribution in [0.1, 0.15) is 47.6 Å². The smallest absolute Gasteiger partial charge is 0.273 e. The molecule has 0 radical (unpaired) electrons. The Hall–Kier alpha value is -2.96. The molecule has 0 saturated heterocycles. The van der Waals surface area contributed by atoms with Crippen LogP contribution in [0.2, 0.25) is 0 Å². The van der Waals surface area contributed by atoms with Gasteiger partial charge in [-0.1, -0.05) is 42.4 Å². The number of hydrogen-bond donors (Lipinski definition) is 1. The Labute approximate surface area is 146 Å². The second-order valence-electron chi connectivity index (χ2n) is 5.81. The van der Waals surface area contributed by atoms with Crippen molar-refractivity contribution in [1.29, 1.82) is 0 Å². The summed E-state index contributed by atoms with van der Waals surface area (Å²) in [4.78, 5) is 16.5. The van der Waals surface area contributed by atoms with E-state index in [2.05, 4.69) is 27.5 Å². The summed E-state index contributed by atoms with van der Waals surface area (Å²) in [6.45, 7) is 2.71. The van der Waals surface area contributed by atoms with Gasteiger partial charge in [-0.2, -0.15) is 5.10 Å². The van der Waals surface area contributed by atoms with Crippen molar-refractivity contribution >= 4 is 5.91 Å². The van der Waals surface area contributed by atoms with Crippen LogP contribution in [0.5, 0.6) is 0 Å². The Kier molecular flexibility index (Phi) is 5.56. The SMILES string of the molecule is CCCc1cc(C(=O)NC(CCn2cncn2)c2ccccc2)no1. The minimum atomic E-state index is -0.237. The third kappa shape index (κ3) is 4.53. The minimum Gasteiger partial charge on any atom is -0.361 e. The summed E-state index contributed by atoms with van der Waals surface area (Å²) in [7, 11) is 0. The number of amides is 1. The average molecular weight is 339 g/mol. The van der Waals surface area contributed by atoms with Crippen LogP contribution in [-0.4, -0.2) is 25.8 Å². The molecule has 1 N–H and O–H groups in total. The van der Waals surface area contributed by atoms with E-state index in [1.807, 2.05) is 30.3 Å². The Bertz CT molecular complexity index is 783. The van der Waals surface area contributed by atoms with E-state index in [-0.39, 0.29) is 11.9 Å². The summed E-state index contributed by atoms with van der Waals surface area (Å²) < 4.78 is 6.95. The molecule has 3 aromatic rings. The Balaban J connectivity index is 1.70. The van der Waals surface area contributed by atoms with E-state index in [1.165, 1.54) is 6.33 Å². The van der Waals surface area contributed by atoms with E-state index in [0.717, 1.165) is 24.2 Å². The molecule has 25 heavy (non-hydrogen) atoms. The highest BCUT2D eigenvalue weighted by molar-refractivity contribution is 5.92. The van der Waals surface area contributed by atoms with E-state index in [0.29, 0.717) is 18.7 Å². The molecule has 7 heteroatoms. The lowest BCUT2D eigenvalue weighted by atomic mass is 10.0. The van der Waals surface area contributed by atoms with Crippen LogP contribution in [-0.2, 0) is 13.0 Å². The molecule has 130 valence electrons. The lowest BCUT2D eigenvalue weighted by Crippen LogP contribution is -2.29. The van der Waals surface area contributed by atoms with Crippen molar-refractivity contribution < 1.29 is 9.32 Å². The zero-order chi connectivity index (χ0) is 17.5. The number of rotatable bonds is 8. The molecule has 2 aromatic heterocycles. The van der Waals surface area contributed by atoms with Crippen LogP contribution in [0.15, 0.2) is 53.6 Å². The maximum atomic E-state index is 12.5. The van der Waals surface area contributed by atoms with Gasteiger partial charge in [0, 0.05) is 19.0 Å². The minimum absolute atomic E-state index is 0.149. The van der Waals surface area contributed by atoms with Gasteiger partial charge in [0.2, 0.25) is 0 Å². The number of benzene rings is 1. The Morgan fingerprint density at radius 1 is 1.32 bits per heavy atom. The average Bonchev–Trinajstić information content (AvgIpc) is 3.31. The van der Waals surface area contributed by atoms with E-state index in [4.69, 9.17) is 4.52 Å². The summed E-state index contributed by atoms with van der Waals surface area (Å²) in [5, 5.41) is 11.0. The fourth-order valence-electron chi connectivity index (χ4n) is 2.63. The molecule has 3 rings (SSSR count). The molecule has 0 aliphatic rings. The quantitative estimate of drug-likeness (QED) is 0.682. The molecule has 0 bridgehead atoms. The maximum Gasteiger partial charge on any atom is 0.273 e. The number of aromatic nitrogens is 4.